The summed E-state index contributed by atoms with van der Waals surface area (Å²) in [5.41, 5.74) is -0.812. The van der Waals surface area contributed by atoms with E-state index in [9.17, 15) is 36.5 Å². The van der Waals surface area contributed by atoms with Crippen molar-refractivity contribution in [3.8, 4) is 0 Å². The van der Waals surface area contributed by atoms with E-state index in [0.717, 1.165) is 24.3 Å². The first-order valence-electron chi connectivity index (χ1n) is 7.41. The molecule has 0 bridgehead atoms. The zero-order chi connectivity index (χ0) is 21.1. The molecule has 0 aliphatic rings. The van der Waals surface area contributed by atoms with E-state index < -0.39 is 55.4 Å². The molecule has 0 aromatic heterocycles. The molecular formula is C15H13F3N4O5S. The van der Waals surface area contributed by atoms with Crippen molar-refractivity contribution in [2.45, 2.75) is 11.1 Å². The van der Waals surface area contributed by atoms with Gasteiger partial charge < -0.3 is 0 Å². The Morgan fingerprint density at radius 3 is 2.39 bits per heavy atom. The van der Waals surface area contributed by atoms with Crippen molar-refractivity contribution in [1.82, 2.24) is 5.43 Å². The van der Waals surface area contributed by atoms with Gasteiger partial charge in [-0.1, -0.05) is 18.2 Å². The highest BCUT2D eigenvalue weighted by molar-refractivity contribution is 7.93. The average Bonchev–Trinajstić information content (AvgIpc) is 2.65. The Hall–Kier alpha value is -3.19. The molecule has 0 unspecified atom stereocenters. The van der Waals surface area contributed by atoms with Crippen LogP contribution in [0, 0.1) is 10.1 Å². The number of sulfonamides is 1. The average molecular weight is 418 g/mol. The van der Waals surface area contributed by atoms with Crippen molar-refractivity contribution in [1.29, 1.82) is 0 Å². The largest absolute Gasteiger partial charge is 0.416 e. The maximum atomic E-state index is 13.0. The molecule has 0 fully saturated rings. The Labute approximate surface area is 156 Å². The quantitative estimate of drug-likeness (QED) is 0.318. The highest BCUT2D eigenvalue weighted by Gasteiger charge is 2.35. The molecule has 0 heterocycles. The van der Waals surface area contributed by atoms with E-state index in [1.165, 1.54) is 12.1 Å². The molecule has 0 aliphatic heterocycles. The summed E-state index contributed by atoms with van der Waals surface area (Å²) in [6.45, 7) is -0.994. The van der Waals surface area contributed by atoms with Crippen LogP contribution in [0.1, 0.15) is 5.56 Å². The number of carbonyl (C=O) groups is 1. The fraction of sp³-hybridized carbons (Fsp3) is 0.133. The second-order valence-corrected chi connectivity index (χ2v) is 7.18. The van der Waals surface area contributed by atoms with Gasteiger partial charge in [-0.2, -0.15) is 13.2 Å². The Bertz CT molecular complexity index is 1010. The molecule has 150 valence electrons. The lowest BCUT2D eigenvalue weighted by atomic mass is 10.2. The third-order valence-corrected chi connectivity index (χ3v) is 5.36. The van der Waals surface area contributed by atoms with Crippen LogP contribution in [0.25, 0.3) is 0 Å². The van der Waals surface area contributed by atoms with Crippen LogP contribution in [0.2, 0.25) is 0 Å². The minimum Gasteiger partial charge on any atom is -0.293 e. The van der Waals surface area contributed by atoms with Gasteiger partial charge in [-0.05, 0) is 24.3 Å². The standard InChI is InChI=1S/C15H13F3N4O5S/c16-15(17,18)10-4-3-5-11(8-10)21(9-14(23)20-19)28(26,27)13-7-2-1-6-12(13)22(24)25/h1-8H,9,19H2,(H,20,23). The number of hydrogen-bond donors (Lipinski definition) is 2. The van der Waals surface area contributed by atoms with Crippen LogP contribution in [0.15, 0.2) is 53.4 Å². The van der Waals surface area contributed by atoms with Gasteiger partial charge in [0.25, 0.3) is 21.6 Å². The second-order valence-electron chi connectivity index (χ2n) is 5.35. The summed E-state index contributed by atoms with van der Waals surface area (Å²) in [5.74, 6) is 3.91. The van der Waals surface area contributed by atoms with Crippen LogP contribution < -0.4 is 15.6 Å². The molecule has 0 saturated heterocycles. The number of nitrogens with zero attached hydrogens (tertiary/aromatic N) is 2. The summed E-state index contributed by atoms with van der Waals surface area (Å²) < 4.78 is 65.3. The normalized spacial score (nSPS) is 11.7. The fourth-order valence-corrected chi connectivity index (χ4v) is 3.85. The molecule has 0 atom stereocenters. The maximum absolute atomic E-state index is 13.0. The molecule has 2 aromatic rings. The maximum Gasteiger partial charge on any atom is 0.416 e. The van der Waals surface area contributed by atoms with E-state index in [1.54, 1.807) is 5.43 Å². The van der Waals surface area contributed by atoms with E-state index in [2.05, 4.69) is 0 Å². The summed E-state index contributed by atoms with van der Waals surface area (Å²) in [4.78, 5) is 21.1. The van der Waals surface area contributed by atoms with Gasteiger partial charge in [-0.25, -0.2) is 14.3 Å². The van der Waals surface area contributed by atoms with Crippen molar-refractivity contribution in [2.75, 3.05) is 10.8 Å². The van der Waals surface area contributed by atoms with Gasteiger partial charge in [0.2, 0.25) is 0 Å². The highest BCUT2D eigenvalue weighted by atomic mass is 32.2. The lowest BCUT2D eigenvalue weighted by Gasteiger charge is -2.24. The van der Waals surface area contributed by atoms with Crippen LogP contribution in [-0.2, 0) is 21.0 Å². The predicted octanol–water partition coefficient (Wildman–Crippen LogP) is 1.80. The van der Waals surface area contributed by atoms with Gasteiger partial charge in [0.15, 0.2) is 4.90 Å². The third kappa shape index (κ3) is 4.37. The van der Waals surface area contributed by atoms with Gasteiger partial charge >= 0.3 is 6.18 Å². The lowest BCUT2D eigenvalue weighted by Crippen LogP contribution is -2.43. The van der Waals surface area contributed by atoms with Crippen molar-refractivity contribution >= 4 is 27.3 Å². The number of nitrogens with one attached hydrogen (secondary N) is 1. The lowest BCUT2D eigenvalue weighted by molar-refractivity contribution is -0.387. The van der Waals surface area contributed by atoms with Crippen LogP contribution in [0.3, 0.4) is 0 Å². The van der Waals surface area contributed by atoms with E-state index in [-0.39, 0.29) is 0 Å². The first-order valence-corrected chi connectivity index (χ1v) is 8.85. The van der Waals surface area contributed by atoms with Crippen LogP contribution in [0.4, 0.5) is 24.5 Å². The number of nitro groups is 1. The smallest absolute Gasteiger partial charge is 0.293 e. The number of carbonyl (C=O) groups excluding carboxylic acids is 1. The Balaban J connectivity index is 2.68. The van der Waals surface area contributed by atoms with Crippen molar-refractivity contribution < 1.29 is 31.3 Å². The summed E-state index contributed by atoms with van der Waals surface area (Å²) in [5, 5.41) is 11.2. The number of halogens is 3. The molecule has 1 amide bonds. The van der Waals surface area contributed by atoms with E-state index in [1.807, 2.05) is 0 Å². The number of nitro benzene ring substituents is 1. The Kier molecular flexibility index (Phi) is 5.89. The fourth-order valence-electron chi connectivity index (χ4n) is 2.27. The summed E-state index contributed by atoms with van der Waals surface area (Å²) in [6, 6.07) is 7.43. The van der Waals surface area contributed by atoms with Crippen LogP contribution in [0.5, 0.6) is 0 Å². The molecule has 2 aromatic carbocycles. The molecule has 0 radical (unpaired) electrons. The van der Waals surface area contributed by atoms with Gasteiger partial charge in [-0.15, -0.1) is 0 Å². The Morgan fingerprint density at radius 2 is 1.82 bits per heavy atom. The molecule has 3 N–H and O–H groups in total. The number of alkyl halides is 3. The number of rotatable bonds is 6. The molecule has 0 spiro atoms. The van der Waals surface area contributed by atoms with Gasteiger partial charge in [0, 0.05) is 6.07 Å². The third-order valence-electron chi connectivity index (χ3n) is 3.54. The monoisotopic (exact) mass is 418 g/mol. The second kappa shape index (κ2) is 7.82. The molecule has 0 saturated carbocycles. The van der Waals surface area contributed by atoms with Crippen molar-refractivity contribution in [3.05, 3.63) is 64.2 Å². The van der Waals surface area contributed by atoms with Crippen LogP contribution in [-0.4, -0.2) is 25.8 Å². The number of para-hydroxylation sites is 1. The van der Waals surface area contributed by atoms with E-state index >= 15 is 0 Å². The Morgan fingerprint density at radius 1 is 1.18 bits per heavy atom. The zero-order valence-electron chi connectivity index (χ0n) is 13.9. The summed E-state index contributed by atoms with van der Waals surface area (Å²) in [6.07, 6.45) is -4.78. The van der Waals surface area contributed by atoms with Gasteiger partial charge in [-0.3, -0.25) is 24.6 Å². The highest BCUT2D eigenvalue weighted by Crippen LogP contribution is 2.34. The van der Waals surface area contributed by atoms with Gasteiger partial charge in [0.05, 0.1) is 16.2 Å². The molecule has 2 rings (SSSR count). The molecular weight excluding hydrogens is 405 g/mol. The number of amides is 1. The number of benzene rings is 2. The number of hydrazine groups is 1. The van der Waals surface area contributed by atoms with E-state index in [0.29, 0.717) is 16.4 Å². The number of nitrogens with two attached hydrogens (primary N) is 1. The number of hydrogen-bond acceptors (Lipinski definition) is 6. The predicted molar refractivity (Wildman–Crippen MR) is 91.4 cm³/mol. The van der Waals surface area contributed by atoms with Crippen LogP contribution >= 0.6 is 0 Å². The zero-order valence-corrected chi connectivity index (χ0v) is 14.7. The molecule has 28 heavy (non-hydrogen) atoms. The minimum absolute atomic E-state index is 0.312. The van der Waals surface area contributed by atoms with Gasteiger partial charge in [0.1, 0.15) is 6.54 Å². The molecule has 0 aliphatic carbocycles. The van der Waals surface area contributed by atoms with Crippen molar-refractivity contribution in [3.63, 3.8) is 0 Å². The number of anilines is 1. The molecule has 13 heteroatoms. The first-order chi connectivity index (χ1) is 13.0. The summed E-state index contributed by atoms with van der Waals surface area (Å²) >= 11 is 0. The SMILES string of the molecule is NNC(=O)CN(c1cccc(C(F)(F)F)c1)S(=O)(=O)c1ccccc1[N+](=O)[O-]. The van der Waals surface area contributed by atoms with E-state index in [4.69, 9.17) is 5.84 Å². The molecule has 9 nitrogen and oxygen atoms in total. The van der Waals surface area contributed by atoms with Crippen molar-refractivity contribution in [2.24, 2.45) is 5.84 Å². The first kappa shape index (κ1) is 21.1. The minimum atomic E-state index is -4.79. The summed E-state index contributed by atoms with van der Waals surface area (Å²) in [7, 11) is -4.79. The topological polar surface area (TPSA) is 136 Å².